The molecule has 1 fully saturated rings. The molecule has 1 heterocycles. The van der Waals surface area contributed by atoms with Crippen LogP contribution in [0.2, 0.25) is 0 Å². The van der Waals surface area contributed by atoms with Crippen molar-refractivity contribution in [2.75, 3.05) is 19.0 Å². The van der Waals surface area contributed by atoms with Crippen LogP contribution in [-0.2, 0) is 11.3 Å². The highest BCUT2D eigenvalue weighted by Crippen LogP contribution is 2.41. The van der Waals surface area contributed by atoms with Crippen molar-refractivity contribution in [2.24, 2.45) is 11.8 Å². The number of hydrogen-bond acceptors (Lipinski definition) is 3. The van der Waals surface area contributed by atoms with Gasteiger partial charge in [-0.1, -0.05) is 18.9 Å². The Morgan fingerprint density at radius 3 is 2.57 bits per heavy atom. The Hall–Kier alpha value is -1.79. The molecule has 2 atom stereocenters. The number of carbonyl (C=O) groups is 1. The summed E-state index contributed by atoms with van der Waals surface area (Å²) in [7, 11) is 3.73. The number of rotatable bonds is 4. The topological polar surface area (TPSA) is 45.2 Å². The van der Waals surface area contributed by atoms with Gasteiger partial charge in [0, 0.05) is 32.8 Å². The molecule has 0 radical (unpaired) electrons. The Labute approximate surface area is 134 Å². The van der Waals surface area contributed by atoms with Crippen molar-refractivity contribution in [3.63, 3.8) is 0 Å². The molecule has 23 heavy (non-hydrogen) atoms. The van der Waals surface area contributed by atoms with Gasteiger partial charge in [-0.15, -0.1) is 0 Å². The molecule has 0 saturated heterocycles. The molecule has 0 unspecified atom stereocenters. The summed E-state index contributed by atoms with van der Waals surface area (Å²) >= 11 is 0. The fourth-order valence-electron chi connectivity index (χ4n) is 2.94. The van der Waals surface area contributed by atoms with E-state index in [2.05, 4.69) is 10.3 Å². The van der Waals surface area contributed by atoms with Crippen LogP contribution in [0.3, 0.4) is 0 Å². The molecule has 128 valence electrons. The molecule has 0 aromatic carbocycles. The molecule has 1 aromatic rings. The van der Waals surface area contributed by atoms with E-state index in [0.717, 1.165) is 11.4 Å². The maximum Gasteiger partial charge on any atom is 0.392 e. The minimum absolute atomic E-state index is 0.0423. The molecule has 0 aliphatic heterocycles. The molecule has 7 heteroatoms. The van der Waals surface area contributed by atoms with Crippen LogP contribution in [0, 0.1) is 11.8 Å². The summed E-state index contributed by atoms with van der Waals surface area (Å²) < 4.78 is 39.1. The molecule has 1 N–H and O–H groups in total. The molecule has 2 rings (SSSR count). The highest BCUT2D eigenvalue weighted by Gasteiger charge is 2.47. The maximum atomic E-state index is 13.0. The summed E-state index contributed by atoms with van der Waals surface area (Å²) in [5.74, 6) is -2.23. The van der Waals surface area contributed by atoms with Gasteiger partial charge in [-0.2, -0.15) is 13.2 Å². The van der Waals surface area contributed by atoms with Crippen LogP contribution in [0.15, 0.2) is 18.3 Å². The summed E-state index contributed by atoms with van der Waals surface area (Å²) in [6, 6.07) is 3.62. The maximum absolute atomic E-state index is 13.0. The van der Waals surface area contributed by atoms with Crippen LogP contribution in [-0.4, -0.2) is 31.2 Å². The van der Waals surface area contributed by atoms with Crippen LogP contribution in [0.1, 0.15) is 31.2 Å². The average Bonchev–Trinajstić information content (AvgIpc) is 2.52. The third kappa shape index (κ3) is 4.59. The van der Waals surface area contributed by atoms with Gasteiger partial charge in [0.15, 0.2) is 0 Å². The SMILES string of the molecule is CN(C)c1ccc(CNC(=O)[C@@H]2CCCC[C@H]2C(F)(F)F)cn1. The van der Waals surface area contributed by atoms with Crippen molar-refractivity contribution in [3.8, 4) is 0 Å². The number of carbonyl (C=O) groups excluding carboxylic acids is 1. The number of nitrogens with one attached hydrogen (secondary N) is 1. The number of pyridine rings is 1. The lowest BCUT2D eigenvalue weighted by molar-refractivity contribution is -0.198. The number of halogens is 3. The summed E-state index contributed by atoms with van der Waals surface area (Å²) in [5.41, 5.74) is 0.767. The Bertz CT molecular complexity index is 528. The number of anilines is 1. The van der Waals surface area contributed by atoms with Gasteiger partial charge in [-0.25, -0.2) is 4.98 Å². The minimum atomic E-state index is -4.31. The molecule has 0 spiro atoms. The Balaban J connectivity index is 1.95. The van der Waals surface area contributed by atoms with Crippen molar-refractivity contribution in [1.29, 1.82) is 0 Å². The minimum Gasteiger partial charge on any atom is -0.363 e. The second kappa shape index (κ2) is 7.19. The van der Waals surface area contributed by atoms with Crippen LogP contribution in [0.25, 0.3) is 0 Å². The first-order valence-corrected chi connectivity index (χ1v) is 7.75. The Morgan fingerprint density at radius 1 is 1.30 bits per heavy atom. The molecular weight excluding hydrogens is 307 g/mol. The van der Waals surface area contributed by atoms with E-state index in [1.54, 1.807) is 12.3 Å². The predicted octanol–water partition coefficient (Wildman–Crippen LogP) is 3.13. The molecule has 4 nitrogen and oxygen atoms in total. The van der Waals surface area contributed by atoms with Gasteiger partial charge in [0.2, 0.25) is 5.91 Å². The molecule has 1 amide bonds. The molecule has 1 aromatic heterocycles. The average molecular weight is 329 g/mol. The second-order valence-corrected chi connectivity index (χ2v) is 6.18. The lowest BCUT2D eigenvalue weighted by Gasteiger charge is -2.32. The van der Waals surface area contributed by atoms with E-state index in [1.807, 2.05) is 25.1 Å². The van der Waals surface area contributed by atoms with Crippen LogP contribution in [0.4, 0.5) is 19.0 Å². The third-order valence-electron chi connectivity index (χ3n) is 4.26. The van der Waals surface area contributed by atoms with Crippen molar-refractivity contribution in [3.05, 3.63) is 23.9 Å². The van der Waals surface area contributed by atoms with Gasteiger partial charge in [-0.3, -0.25) is 4.79 Å². The van der Waals surface area contributed by atoms with Gasteiger partial charge in [-0.05, 0) is 24.5 Å². The highest BCUT2D eigenvalue weighted by atomic mass is 19.4. The van der Waals surface area contributed by atoms with Gasteiger partial charge >= 0.3 is 6.18 Å². The number of nitrogens with zero attached hydrogens (tertiary/aromatic N) is 2. The zero-order valence-corrected chi connectivity index (χ0v) is 13.4. The van der Waals surface area contributed by atoms with Crippen LogP contribution < -0.4 is 10.2 Å². The number of hydrogen-bond donors (Lipinski definition) is 1. The van der Waals surface area contributed by atoms with Crippen molar-refractivity contribution < 1.29 is 18.0 Å². The molecular formula is C16H22F3N3O. The summed E-state index contributed by atoms with van der Waals surface area (Å²) in [6.07, 6.45) is -1.14. The largest absolute Gasteiger partial charge is 0.392 e. The zero-order chi connectivity index (χ0) is 17.0. The standard InChI is InChI=1S/C16H22F3N3O/c1-22(2)14-8-7-11(9-20-14)10-21-15(23)12-5-3-4-6-13(12)16(17,18)19/h7-9,12-13H,3-6,10H2,1-2H3,(H,21,23)/t12-,13-/m1/s1. The first-order chi connectivity index (χ1) is 10.8. The monoisotopic (exact) mass is 329 g/mol. The second-order valence-electron chi connectivity index (χ2n) is 6.18. The van der Waals surface area contributed by atoms with Crippen molar-refractivity contribution in [2.45, 2.75) is 38.4 Å². The first-order valence-electron chi connectivity index (χ1n) is 7.75. The van der Waals surface area contributed by atoms with E-state index in [4.69, 9.17) is 0 Å². The van der Waals surface area contributed by atoms with Gasteiger partial charge in [0.05, 0.1) is 5.92 Å². The number of aromatic nitrogens is 1. The van der Waals surface area contributed by atoms with E-state index in [9.17, 15) is 18.0 Å². The van der Waals surface area contributed by atoms with Crippen LogP contribution in [0.5, 0.6) is 0 Å². The lowest BCUT2D eigenvalue weighted by Crippen LogP contribution is -2.42. The predicted molar refractivity (Wildman–Crippen MR) is 81.9 cm³/mol. The summed E-state index contributed by atoms with van der Waals surface area (Å²) in [5, 5.41) is 2.63. The van der Waals surface area contributed by atoms with E-state index in [-0.39, 0.29) is 13.0 Å². The van der Waals surface area contributed by atoms with E-state index < -0.39 is 23.9 Å². The third-order valence-corrected chi connectivity index (χ3v) is 4.26. The summed E-state index contributed by atoms with van der Waals surface area (Å²) in [6.45, 7) is 0.195. The lowest BCUT2D eigenvalue weighted by atomic mass is 9.78. The summed E-state index contributed by atoms with van der Waals surface area (Å²) in [4.78, 5) is 18.2. The van der Waals surface area contributed by atoms with Crippen molar-refractivity contribution in [1.82, 2.24) is 10.3 Å². The van der Waals surface area contributed by atoms with E-state index in [1.165, 1.54) is 0 Å². The van der Waals surface area contributed by atoms with Crippen molar-refractivity contribution >= 4 is 11.7 Å². The molecule has 1 aliphatic carbocycles. The number of amides is 1. The fraction of sp³-hybridized carbons (Fsp3) is 0.625. The quantitative estimate of drug-likeness (QED) is 0.923. The van der Waals surface area contributed by atoms with E-state index >= 15 is 0 Å². The van der Waals surface area contributed by atoms with Gasteiger partial charge in [0.1, 0.15) is 5.82 Å². The zero-order valence-electron chi connectivity index (χ0n) is 13.4. The Morgan fingerprint density at radius 2 is 2.00 bits per heavy atom. The van der Waals surface area contributed by atoms with Gasteiger partial charge < -0.3 is 10.2 Å². The Kier molecular flexibility index (Phi) is 5.49. The van der Waals surface area contributed by atoms with Crippen LogP contribution >= 0.6 is 0 Å². The molecule has 1 aliphatic rings. The number of alkyl halides is 3. The highest BCUT2D eigenvalue weighted by molar-refractivity contribution is 5.79. The normalized spacial score (nSPS) is 21.8. The fourth-order valence-corrected chi connectivity index (χ4v) is 2.94. The smallest absolute Gasteiger partial charge is 0.363 e. The van der Waals surface area contributed by atoms with Gasteiger partial charge in [0.25, 0.3) is 0 Å². The van der Waals surface area contributed by atoms with E-state index in [0.29, 0.717) is 19.3 Å². The molecule has 0 bridgehead atoms. The molecule has 1 saturated carbocycles. The first kappa shape index (κ1) is 17.6.